The van der Waals surface area contributed by atoms with Crippen LogP contribution in [0.5, 0.6) is 0 Å². The first-order valence-corrected chi connectivity index (χ1v) is 5.52. The second-order valence-corrected chi connectivity index (χ2v) is 3.55. The second-order valence-electron chi connectivity index (χ2n) is 3.55. The van der Waals surface area contributed by atoms with E-state index in [1.165, 1.54) is 19.3 Å². The van der Waals surface area contributed by atoms with Gasteiger partial charge in [0.05, 0.1) is 12.1 Å². The van der Waals surface area contributed by atoms with Gasteiger partial charge in [-0.05, 0) is 13.3 Å². The molecule has 0 fully saturated rings. The topological polar surface area (TPSA) is 97.7 Å². The Morgan fingerprint density at radius 2 is 1.59 bits per heavy atom. The number of aliphatic hydroxyl groups excluding tert-OH is 1. The summed E-state index contributed by atoms with van der Waals surface area (Å²) in [6, 6.07) is 0. The van der Waals surface area contributed by atoms with Crippen LogP contribution in [0.25, 0.3) is 0 Å². The molecule has 0 aliphatic carbocycles. The fourth-order valence-electron chi connectivity index (χ4n) is 0.880. The number of carboxylic acids is 2. The summed E-state index contributed by atoms with van der Waals surface area (Å²) >= 11 is 0. The molecule has 0 radical (unpaired) electrons. The Kier molecular flexibility index (Phi) is 20.7. The minimum Gasteiger partial charge on any atom is -0.547 e. The fourth-order valence-corrected chi connectivity index (χ4v) is 0.880. The monoisotopic (exact) mass is 256 g/mol. The third-order valence-corrected chi connectivity index (χ3v) is 1.84. The molecular weight excluding hydrogens is 235 g/mol. The van der Waals surface area contributed by atoms with Crippen LogP contribution >= 0.6 is 0 Å². The number of hydrogen-bond acceptors (Lipinski definition) is 4. The van der Waals surface area contributed by atoms with Gasteiger partial charge in [0.2, 0.25) is 0 Å². The van der Waals surface area contributed by atoms with E-state index >= 15 is 0 Å². The molecule has 96 valence electrons. The zero-order valence-corrected chi connectivity index (χ0v) is 12.9. The fraction of sp³-hybridized carbons (Fsp3) is 0.818. The Balaban J connectivity index is -0.000000244. The summed E-state index contributed by atoms with van der Waals surface area (Å²) in [6.45, 7) is 3.28. The Morgan fingerprint density at radius 3 is 1.88 bits per heavy atom. The molecule has 1 atom stereocenters. The normalized spacial score (nSPS) is 10.5. The van der Waals surface area contributed by atoms with Gasteiger partial charge in [0, 0.05) is 6.42 Å². The predicted molar refractivity (Wildman–Crippen MR) is 57.7 cm³/mol. The molecule has 17 heavy (non-hydrogen) atoms. The molecule has 0 bridgehead atoms. The zero-order valence-electron chi connectivity index (χ0n) is 10.9. The van der Waals surface area contributed by atoms with Gasteiger partial charge in [-0.1, -0.05) is 32.6 Å². The molecule has 1 unspecified atom stereocenters. The second kappa shape index (κ2) is 15.9. The maximum absolute atomic E-state index is 10.0. The van der Waals surface area contributed by atoms with Crippen molar-refractivity contribution in [2.75, 3.05) is 0 Å². The SMILES string of the molecule is CC(O)C(=O)[O-].CCCCCCCC(=O)O.[Na+]. The van der Waals surface area contributed by atoms with Gasteiger partial charge in [-0.2, -0.15) is 0 Å². The van der Waals surface area contributed by atoms with Crippen molar-refractivity contribution in [3.63, 3.8) is 0 Å². The summed E-state index contributed by atoms with van der Waals surface area (Å²) in [5.74, 6) is -2.11. The van der Waals surface area contributed by atoms with Gasteiger partial charge in [0.25, 0.3) is 0 Å². The van der Waals surface area contributed by atoms with Gasteiger partial charge in [0.1, 0.15) is 0 Å². The largest absolute Gasteiger partial charge is 1.00 e. The predicted octanol–water partition coefficient (Wildman–Crippen LogP) is -2.45. The molecule has 0 rings (SSSR count). The molecule has 0 aromatic carbocycles. The quantitative estimate of drug-likeness (QED) is 0.389. The smallest absolute Gasteiger partial charge is 0.547 e. The van der Waals surface area contributed by atoms with E-state index in [1.807, 2.05) is 0 Å². The van der Waals surface area contributed by atoms with Gasteiger partial charge in [0.15, 0.2) is 0 Å². The summed E-state index contributed by atoms with van der Waals surface area (Å²) in [4.78, 5) is 19.4. The molecule has 6 heteroatoms. The van der Waals surface area contributed by atoms with Crippen LogP contribution < -0.4 is 34.7 Å². The van der Waals surface area contributed by atoms with E-state index < -0.39 is 18.0 Å². The number of aliphatic carboxylic acids is 2. The van der Waals surface area contributed by atoms with Gasteiger partial charge in [-0.25, -0.2) is 0 Å². The minimum absolute atomic E-state index is 0. The molecule has 0 amide bonds. The van der Waals surface area contributed by atoms with Gasteiger partial charge in [-0.3, -0.25) is 4.79 Å². The molecule has 0 saturated carbocycles. The summed E-state index contributed by atoms with van der Waals surface area (Å²) in [7, 11) is 0. The molecule has 0 spiro atoms. The summed E-state index contributed by atoms with van der Waals surface area (Å²) in [6.07, 6.45) is 4.54. The number of unbranched alkanes of at least 4 members (excludes halogenated alkanes) is 4. The van der Waals surface area contributed by atoms with E-state index in [9.17, 15) is 14.7 Å². The van der Waals surface area contributed by atoms with Crippen molar-refractivity contribution < 1.29 is 54.5 Å². The summed E-state index contributed by atoms with van der Waals surface area (Å²) in [5, 5.41) is 25.6. The molecule has 0 aromatic heterocycles. The number of hydrogen-bond donors (Lipinski definition) is 2. The minimum atomic E-state index is -1.44. The van der Waals surface area contributed by atoms with E-state index in [1.54, 1.807) is 0 Å². The molecule has 0 aromatic rings. The number of rotatable bonds is 7. The van der Waals surface area contributed by atoms with Crippen LogP contribution in [0.4, 0.5) is 0 Å². The molecule has 0 aliphatic rings. The molecule has 5 nitrogen and oxygen atoms in total. The van der Waals surface area contributed by atoms with Gasteiger partial charge < -0.3 is 20.1 Å². The Morgan fingerprint density at radius 1 is 1.18 bits per heavy atom. The Bertz CT molecular complexity index is 194. The van der Waals surface area contributed by atoms with Crippen molar-refractivity contribution in [1.29, 1.82) is 0 Å². The van der Waals surface area contributed by atoms with Crippen LogP contribution in [-0.2, 0) is 9.59 Å². The molecular formula is C11H21NaO5. The van der Waals surface area contributed by atoms with Gasteiger partial charge >= 0.3 is 35.5 Å². The number of aliphatic hydroxyl groups is 1. The van der Waals surface area contributed by atoms with Crippen LogP contribution in [0.1, 0.15) is 52.4 Å². The van der Waals surface area contributed by atoms with Crippen LogP contribution in [0.3, 0.4) is 0 Å². The van der Waals surface area contributed by atoms with Crippen molar-refractivity contribution in [3.05, 3.63) is 0 Å². The average molecular weight is 256 g/mol. The van der Waals surface area contributed by atoms with Crippen molar-refractivity contribution in [2.24, 2.45) is 0 Å². The third-order valence-electron chi connectivity index (χ3n) is 1.84. The van der Waals surface area contributed by atoms with E-state index in [0.717, 1.165) is 19.8 Å². The summed E-state index contributed by atoms with van der Waals surface area (Å²) < 4.78 is 0. The van der Waals surface area contributed by atoms with Crippen molar-refractivity contribution in [2.45, 2.75) is 58.5 Å². The van der Waals surface area contributed by atoms with Crippen LogP contribution in [0.15, 0.2) is 0 Å². The third kappa shape index (κ3) is 25.9. The Hall–Kier alpha value is -0.100. The first-order chi connectivity index (χ1) is 7.41. The molecule has 2 N–H and O–H groups in total. The molecule has 0 aliphatic heterocycles. The zero-order chi connectivity index (χ0) is 13.0. The first-order valence-electron chi connectivity index (χ1n) is 5.52. The maximum atomic E-state index is 10.0. The Labute approximate surface area is 125 Å². The molecule has 0 saturated heterocycles. The van der Waals surface area contributed by atoms with E-state index in [0.29, 0.717) is 6.42 Å². The van der Waals surface area contributed by atoms with E-state index in [-0.39, 0.29) is 29.6 Å². The van der Waals surface area contributed by atoms with E-state index in [4.69, 9.17) is 10.2 Å². The van der Waals surface area contributed by atoms with Crippen molar-refractivity contribution >= 4 is 11.9 Å². The average Bonchev–Trinajstić information content (AvgIpc) is 2.18. The first kappa shape index (κ1) is 22.1. The van der Waals surface area contributed by atoms with E-state index in [2.05, 4.69) is 6.92 Å². The summed E-state index contributed by atoms with van der Waals surface area (Å²) in [5.41, 5.74) is 0. The van der Waals surface area contributed by atoms with Gasteiger partial charge in [-0.15, -0.1) is 0 Å². The van der Waals surface area contributed by atoms with Crippen LogP contribution in [0, 0.1) is 0 Å². The van der Waals surface area contributed by atoms with Crippen LogP contribution in [0.2, 0.25) is 0 Å². The number of carboxylic acid groups (broad SMARTS) is 2. The number of carbonyl (C=O) groups is 2. The molecule has 0 heterocycles. The number of carbonyl (C=O) groups excluding carboxylic acids is 1. The standard InChI is InChI=1S/C8H16O2.C3H6O3.Na/c1-2-3-4-5-6-7-8(9)10;1-2(4)3(5)6;/h2-7H2,1H3,(H,9,10);2,4H,1H3,(H,5,6);/q;;+1/p-1. The maximum Gasteiger partial charge on any atom is 1.00 e. The van der Waals surface area contributed by atoms with Crippen molar-refractivity contribution in [3.8, 4) is 0 Å². The van der Waals surface area contributed by atoms with Crippen LogP contribution in [-0.4, -0.2) is 28.3 Å². The van der Waals surface area contributed by atoms with Crippen molar-refractivity contribution in [1.82, 2.24) is 0 Å².